The Balaban J connectivity index is -0.0000000613. The Morgan fingerprint density at radius 2 is 0.900 bits per heavy atom. The van der Waals surface area contributed by atoms with Crippen molar-refractivity contribution in [3.8, 4) is 0 Å². The smallest absolute Gasteiger partial charge is 0.854 e. The number of carbonyl (C=O) groups excluding carboxylic acids is 1. The molecule has 180 valence electrons. The summed E-state index contributed by atoms with van der Waals surface area (Å²) in [6.07, 6.45) is 7.84. The van der Waals surface area contributed by atoms with Gasteiger partial charge >= 0.3 is 32.2 Å². The fourth-order valence-corrected chi connectivity index (χ4v) is 1.21. The average Bonchev–Trinajstić information content (AvgIpc) is 2.66. The number of carboxylic acid groups (broad SMARTS) is 1. The molecule has 0 amide bonds. The zero-order valence-electron chi connectivity index (χ0n) is 20.2. The Labute approximate surface area is 204 Å². The molecule has 0 aliphatic carbocycles. The third-order valence-corrected chi connectivity index (χ3v) is 3.19. The molecular weight excluding hydrogens is 467 g/mol. The Hall–Kier alpha value is -0.137. The van der Waals surface area contributed by atoms with Crippen LogP contribution in [0, 0.1) is 5.92 Å². The van der Waals surface area contributed by atoms with Crippen LogP contribution in [0.4, 0.5) is 0 Å². The van der Waals surface area contributed by atoms with Gasteiger partial charge in [0.15, 0.2) is 0 Å². The van der Waals surface area contributed by atoms with Gasteiger partial charge < -0.3 is 25.5 Å². The minimum absolute atomic E-state index is 0. The summed E-state index contributed by atoms with van der Waals surface area (Å²) >= 11 is 0. The normalized spacial score (nSPS) is 9.40. The molecule has 1 atom stereocenters. The first-order chi connectivity index (χ1) is 13.7. The van der Waals surface area contributed by atoms with E-state index in [0.717, 1.165) is 51.4 Å². The van der Waals surface area contributed by atoms with Gasteiger partial charge in [-0.05, 0) is 13.3 Å². The van der Waals surface area contributed by atoms with E-state index >= 15 is 0 Å². The maximum absolute atomic E-state index is 10.4. The van der Waals surface area contributed by atoms with Crippen LogP contribution in [-0.2, 0) is 35.8 Å². The van der Waals surface area contributed by atoms with Crippen molar-refractivity contribution in [1.29, 1.82) is 0 Å². The molecule has 0 spiro atoms. The van der Waals surface area contributed by atoms with Crippen molar-refractivity contribution in [3.63, 3.8) is 0 Å². The van der Waals surface area contributed by atoms with Gasteiger partial charge in [0.05, 0.1) is 0 Å². The number of Topliss-reactive ketones (excluding diaryl/α,β-unsaturated/α-hetero) is 1. The van der Waals surface area contributed by atoms with Crippen LogP contribution in [0.2, 0.25) is 0 Å². The van der Waals surface area contributed by atoms with E-state index in [1.807, 2.05) is 27.7 Å². The zero-order valence-corrected chi connectivity index (χ0v) is 22.6. The van der Waals surface area contributed by atoms with Gasteiger partial charge in [-0.3, -0.25) is 9.59 Å². The average molecular weight is 514 g/mol. The quantitative estimate of drug-likeness (QED) is 0.409. The van der Waals surface area contributed by atoms with Crippen LogP contribution in [0.5, 0.6) is 0 Å². The molecule has 1 unspecified atom stereocenters. The van der Waals surface area contributed by atoms with Crippen molar-refractivity contribution >= 4 is 11.8 Å². The molecule has 8 heteroatoms. The van der Waals surface area contributed by atoms with E-state index < -0.39 is 11.9 Å². The van der Waals surface area contributed by atoms with Crippen LogP contribution in [0.3, 0.4) is 0 Å². The van der Waals surface area contributed by atoms with E-state index in [-0.39, 0.29) is 58.4 Å². The minimum Gasteiger partial charge on any atom is -0.854 e. The topological polar surface area (TPSA) is 147 Å². The SMILES string of the molecule is CCC(C(C)=O)C(=O)O.CCCC[O-].CCCC[O-].CCCC[O-].CCCC[O-].[Zr+4]. The summed E-state index contributed by atoms with van der Waals surface area (Å²) in [6, 6.07) is 0. The van der Waals surface area contributed by atoms with Crippen molar-refractivity contribution in [2.75, 3.05) is 26.4 Å². The molecule has 0 rings (SSSR count). The molecule has 7 nitrogen and oxygen atoms in total. The largest absolute Gasteiger partial charge is 4.00 e. The van der Waals surface area contributed by atoms with Gasteiger partial charge in [0.2, 0.25) is 0 Å². The van der Waals surface area contributed by atoms with Crippen LogP contribution < -0.4 is 20.4 Å². The van der Waals surface area contributed by atoms with Crippen LogP contribution in [0.25, 0.3) is 0 Å². The molecule has 30 heavy (non-hydrogen) atoms. The van der Waals surface area contributed by atoms with Crippen molar-refractivity contribution in [3.05, 3.63) is 0 Å². The van der Waals surface area contributed by atoms with E-state index in [2.05, 4.69) is 0 Å². The molecule has 0 bridgehead atoms. The van der Waals surface area contributed by atoms with Gasteiger partial charge in [-0.2, -0.15) is 0 Å². The number of ketones is 1. The van der Waals surface area contributed by atoms with Gasteiger partial charge in [-0.1, -0.05) is 86.0 Å². The number of rotatable bonds is 11. The summed E-state index contributed by atoms with van der Waals surface area (Å²) in [5.74, 6) is -2.10. The summed E-state index contributed by atoms with van der Waals surface area (Å²) in [5, 5.41) is 46.4. The molecule has 0 aromatic heterocycles. The molecule has 0 heterocycles. The Morgan fingerprint density at radius 1 is 0.667 bits per heavy atom. The first-order valence-electron chi connectivity index (χ1n) is 10.8. The molecule has 0 fully saturated rings. The number of hydrogen-bond acceptors (Lipinski definition) is 6. The maximum atomic E-state index is 10.4. The molecule has 0 saturated carbocycles. The number of carbonyl (C=O) groups is 2. The molecule has 0 aliphatic heterocycles. The molecule has 0 aromatic carbocycles. The Bertz CT molecular complexity index is 245. The number of carboxylic acids is 1. The van der Waals surface area contributed by atoms with E-state index in [1.54, 1.807) is 6.92 Å². The molecule has 0 aliphatic rings. The minimum atomic E-state index is -1.02. The van der Waals surface area contributed by atoms with Gasteiger partial charge in [0.25, 0.3) is 0 Å². The first-order valence-corrected chi connectivity index (χ1v) is 10.8. The van der Waals surface area contributed by atoms with Crippen LogP contribution in [-0.4, -0.2) is 43.3 Å². The first kappa shape index (κ1) is 43.7. The number of aliphatic carboxylic acids is 1. The van der Waals surface area contributed by atoms with Crippen molar-refractivity contribution < 1.29 is 61.3 Å². The van der Waals surface area contributed by atoms with Crippen molar-refractivity contribution in [1.82, 2.24) is 0 Å². The Morgan fingerprint density at radius 3 is 0.900 bits per heavy atom. The second-order valence-electron chi connectivity index (χ2n) is 6.14. The fraction of sp³-hybridized carbons (Fsp3) is 0.909. The van der Waals surface area contributed by atoms with Crippen LogP contribution in [0.15, 0.2) is 0 Å². The molecule has 0 saturated heterocycles. The number of hydrogen-bond donors (Lipinski definition) is 1. The Kier molecular flexibility index (Phi) is 68.3. The second kappa shape index (κ2) is 46.9. The van der Waals surface area contributed by atoms with Crippen molar-refractivity contribution in [2.24, 2.45) is 5.92 Å². The summed E-state index contributed by atoms with van der Waals surface area (Å²) in [7, 11) is 0. The third kappa shape index (κ3) is 63.0. The van der Waals surface area contributed by atoms with Gasteiger partial charge in [0.1, 0.15) is 11.7 Å². The predicted octanol–water partition coefficient (Wildman–Crippen LogP) is 1.27. The van der Waals surface area contributed by atoms with E-state index in [1.165, 1.54) is 6.92 Å². The number of unbranched alkanes of at least 4 members (excludes halogenated alkanes) is 4. The van der Waals surface area contributed by atoms with E-state index in [9.17, 15) is 30.0 Å². The molecule has 0 aromatic rings. The predicted molar refractivity (Wildman–Crippen MR) is 111 cm³/mol. The van der Waals surface area contributed by atoms with Gasteiger partial charge in [-0.25, -0.2) is 0 Å². The summed E-state index contributed by atoms with van der Waals surface area (Å²) < 4.78 is 0. The summed E-state index contributed by atoms with van der Waals surface area (Å²) in [4.78, 5) is 20.6. The van der Waals surface area contributed by atoms with Gasteiger partial charge in [0, 0.05) is 0 Å². The molecule has 0 radical (unpaired) electrons. The monoisotopic (exact) mass is 512 g/mol. The maximum Gasteiger partial charge on any atom is 4.00 e. The summed E-state index contributed by atoms with van der Waals surface area (Å²) in [6.45, 7) is 11.4. The van der Waals surface area contributed by atoms with E-state index in [0.29, 0.717) is 6.42 Å². The van der Waals surface area contributed by atoms with E-state index in [4.69, 9.17) is 5.11 Å². The van der Waals surface area contributed by atoms with Crippen LogP contribution in [0.1, 0.15) is 99.3 Å². The second-order valence-corrected chi connectivity index (χ2v) is 6.14. The molecular formula is C22H46O7Zr. The van der Waals surface area contributed by atoms with Crippen molar-refractivity contribution in [2.45, 2.75) is 99.3 Å². The fourth-order valence-electron chi connectivity index (χ4n) is 1.21. The molecule has 1 N–H and O–H groups in total. The van der Waals surface area contributed by atoms with Crippen LogP contribution >= 0.6 is 0 Å². The summed E-state index contributed by atoms with van der Waals surface area (Å²) in [5.41, 5.74) is 0. The standard InChI is InChI=1S/C6H10O3.4C4H9O.Zr/c1-3-5(4(2)7)6(8)9;4*1-2-3-4-5;/h5H,3H2,1-2H3,(H,8,9);4*2-4H2,1H3;/q;4*-1;+4. The van der Waals surface area contributed by atoms with Gasteiger partial charge in [-0.15, -0.1) is 26.4 Å². The third-order valence-electron chi connectivity index (χ3n) is 3.19. The zero-order chi connectivity index (χ0) is 23.9.